The molecular formula is C8H13NO4S. The highest BCUT2D eigenvalue weighted by Gasteiger charge is 2.09. The molecule has 0 spiro atoms. The predicted octanol–water partition coefficient (Wildman–Crippen LogP) is 0.208. The number of carbonyl (C=O) groups excluding carboxylic acids is 1. The summed E-state index contributed by atoms with van der Waals surface area (Å²) in [5.74, 6) is -1.27. The number of hydrogen-bond donors (Lipinski definition) is 2. The summed E-state index contributed by atoms with van der Waals surface area (Å²) in [4.78, 5) is 21.0. The van der Waals surface area contributed by atoms with Crippen LogP contribution < -0.4 is 5.73 Å². The van der Waals surface area contributed by atoms with Crippen LogP contribution in [0.3, 0.4) is 0 Å². The lowest BCUT2D eigenvalue weighted by atomic mass is 10.4. The number of carboxylic acids is 1. The van der Waals surface area contributed by atoms with E-state index in [-0.39, 0.29) is 5.75 Å². The number of esters is 1. The summed E-state index contributed by atoms with van der Waals surface area (Å²) in [5.41, 5.74) is 5.22. The Labute approximate surface area is 86.3 Å². The Morgan fingerprint density at radius 1 is 1.64 bits per heavy atom. The normalized spacial score (nSPS) is 12.7. The van der Waals surface area contributed by atoms with Crippen molar-refractivity contribution in [2.45, 2.75) is 13.0 Å². The van der Waals surface area contributed by atoms with E-state index in [1.807, 2.05) is 0 Å². The van der Waals surface area contributed by atoms with E-state index in [0.717, 1.165) is 11.8 Å². The van der Waals surface area contributed by atoms with Crippen LogP contribution in [0.1, 0.15) is 6.92 Å². The SMILES string of the molecule is CCOC(=O)/C=C/SCC(N)C(=O)O. The first-order valence-electron chi connectivity index (χ1n) is 4.01. The van der Waals surface area contributed by atoms with E-state index in [1.54, 1.807) is 6.92 Å². The lowest BCUT2D eigenvalue weighted by Crippen LogP contribution is -2.32. The molecule has 80 valence electrons. The molecule has 0 aromatic carbocycles. The van der Waals surface area contributed by atoms with Gasteiger partial charge in [0.25, 0.3) is 0 Å². The molecule has 1 atom stereocenters. The maximum atomic E-state index is 10.8. The molecular weight excluding hydrogens is 206 g/mol. The number of aliphatic carboxylic acids is 1. The van der Waals surface area contributed by atoms with Gasteiger partial charge in [-0.25, -0.2) is 4.79 Å². The number of ether oxygens (including phenoxy) is 1. The van der Waals surface area contributed by atoms with Crippen molar-refractivity contribution in [3.8, 4) is 0 Å². The molecule has 0 bridgehead atoms. The van der Waals surface area contributed by atoms with Gasteiger partial charge < -0.3 is 15.6 Å². The molecule has 0 aliphatic carbocycles. The van der Waals surface area contributed by atoms with Gasteiger partial charge in [-0.2, -0.15) is 0 Å². The van der Waals surface area contributed by atoms with E-state index < -0.39 is 18.0 Å². The standard InChI is InChI=1S/C8H13NO4S/c1-2-13-7(10)3-4-14-5-6(9)8(11)12/h3-4,6H,2,5,9H2,1H3,(H,11,12)/b4-3+. The van der Waals surface area contributed by atoms with E-state index in [2.05, 4.69) is 4.74 Å². The van der Waals surface area contributed by atoms with Crippen LogP contribution in [0.4, 0.5) is 0 Å². The summed E-state index contributed by atoms with van der Waals surface area (Å²) in [5, 5.41) is 9.89. The highest BCUT2D eigenvalue weighted by molar-refractivity contribution is 8.02. The summed E-state index contributed by atoms with van der Waals surface area (Å²) in [6.45, 7) is 2.03. The van der Waals surface area contributed by atoms with E-state index in [9.17, 15) is 9.59 Å². The summed E-state index contributed by atoms with van der Waals surface area (Å²) in [7, 11) is 0. The first-order chi connectivity index (χ1) is 6.57. The van der Waals surface area contributed by atoms with Crippen LogP contribution in [-0.4, -0.2) is 35.4 Å². The van der Waals surface area contributed by atoms with Gasteiger partial charge in [-0.3, -0.25) is 4.79 Å². The van der Waals surface area contributed by atoms with E-state index in [0.29, 0.717) is 6.61 Å². The van der Waals surface area contributed by atoms with Crippen LogP contribution in [0.15, 0.2) is 11.5 Å². The van der Waals surface area contributed by atoms with Crippen molar-refractivity contribution in [2.24, 2.45) is 5.73 Å². The predicted molar refractivity (Wildman–Crippen MR) is 53.8 cm³/mol. The molecule has 0 aliphatic heterocycles. The quantitative estimate of drug-likeness (QED) is 0.490. The van der Waals surface area contributed by atoms with Gasteiger partial charge in [0.2, 0.25) is 0 Å². The van der Waals surface area contributed by atoms with Gasteiger partial charge in [0, 0.05) is 11.8 Å². The molecule has 0 aromatic heterocycles. The molecule has 3 N–H and O–H groups in total. The molecule has 0 aliphatic rings. The van der Waals surface area contributed by atoms with Crippen LogP contribution in [-0.2, 0) is 14.3 Å². The third kappa shape index (κ3) is 6.50. The Balaban J connectivity index is 3.63. The van der Waals surface area contributed by atoms with Crippen LogP contribution in [0.5, 0.6) is 0 Å². The number of nitrogens with two attached hydrogens (primary N) is 1. The number of rotatable bonds is 6. The maximum absolute atomic E-state index is 10.8. The molecule has 0 radical (unpaired) electrons. The minimum absolute atomic E-state index is 0.227. The zero-order chi connectivity index (χ0) is 11.0. The molecule has 6 heteroatoms. The van der Waals surface area contributed by atoms with Crippen LogP contribution in [0.2, 0.25) is 0 Å². The Morgan fingerprint density at radius 3 is 2.79 bits per heavy atom. The Morgan fingerprint density at radius 2 is 2.29 bits per heavy atom. The smallest absolute Gasteiger partial charge is 0.331 e. The van der Waals surface area contributed by atoms with E-state index in [4.69, 9.17) is 10.8 Å². The summed E-state index contributed by atoms with van der Waals surface area (Å²) >= 11 is 1.16. The number of hydrogen-bond acceptors (Lipinski definition) is 5. The highest BCUT2D eigenvalue weighted by Crippen LogP contribution is 2.03. The van der Waals surface area contributed by atoms with Crippen LogP contribution >= 0.6 is 11.8 Å². The van der Waals surface area contributed by atoms with Gasteiger partial charge in [-0.1, -0.05) is 0 Å². The van der Waals surface area contributed by atoms with Crippen molar-refractivity contribution >= 4 is 23.7 Å². The van der Waals surface area contributed by atoms with Gasteiger partial charge in [0.15, 0.2) is 0 Å². The molecule has 5 nitrogen and oxygen atoms in total. The summed E-state index contributed by atoms with van der Waals surface area (Å²) < 4.78 is 4.61. The second-order valence-electron chi connectivity index (χ2n) is 2.33. The minimum Gasteiger partial charge on any atom is -0.480 e. The second kappa shape index (κ2) is 7.40. The number of thioether (sulfide) groups is 1. The molecule has 0 fully saturated rings. The molecule has 0 saturated carbocycles. The zero-order valence-electron chi connectivity index (χ0n) is 7.80. The van der Waals surface area contributed by atoms with Crippen LogP contribution in [0.25, 0.3) is 0 Å². The number of carboxylic acid groups (broad SMARTS) is 1. The van der Waals surface area contributed by atoms with E-state index >= 15 is 0 Å². The molecule has 0 rings (SSSR count). The monoisotopic (exact) mass is 219 g/mol. The Kier molecular flexibility index (Phi) is 6.87. The largest absolute Gasteiger partial charge is 0.480 e. The van der Waals surface area contributed by atoms with Crippen molar-refractivity contribution in [1.29, 1.82) is 0 Å². The van der Waals surface area contributed by atoms with Crippen molar-refractivity contribution in [2.75, 3.05) is 12.4 Å². The van der Waals surface area contributed by atoms with E-state index in [1.165, 1.54) is 11.5 Å². The first-order valence-corrected chi connectivity index (χ1v) is 5.06. The Hall–Kier alpha value is -1.01. The highest BCUT2D eigenvalue weighted by atomic mass is 32.2. The average molecular weight is 219 g/mol. The van der Waals surface area contributed by atoms with Gasteiger partial charge in [0.05, 0.1) is 6.61 Å². The second-order valence-corrected chi connectivity index (χ2v) is 3.27. The lowest BCUT2D eigenvalue weighted by Gasteiger charge is -2.01. The molecule has 0 amide bonds. The summed E-state index contributed by atoms with van der Waals surface area (Å²) in [6.07, 6.45) is 1.24. The van der Waals surface area contributed by atoms with Crippen molar-refractivity contribution in [3.05, 3.63) is 11.5 Å². The summed E-state index contributed by atoms with van der Waals surface area (Å²) in [6, 6.07) is -0.910. The fraction of sp³-hybridized carbons (Fsp3) is 0.500. The van der Waals surface area contributed by atoms with Crippen molar-refractivity contribution in [3.63, 3.8) is 0 Å². The zero-order valence-corrected chi connectivity index (χ0v) is 8.62. The van der Waals surface area contributed by atoms with Crippen molar-refractivity contribution < 1.29 is 19.4 Å². The Bertz CT molecular complexity index is 229. The topological polar surface area (TPSA) is 89.6 Å². The molecule has 0 heterocycles. The van der Waals surface area contributed by atoms with Gasteiger partial charge in [0.1, 0.15) is 6.04 Å². The molecule has 0 aromatic rings. The van der Waals surface area contributed by atoms with Gasteiger partial charge in [-0.05, 0) is 12.3 Å². The van der Waals surface area contributed by atoms with Gasteiger partial charge in [-0.15, -0.1) is 11.8 Å². The average Bonchev–Trinajstić information content (AvgIpc) is 2.12. The van der Waals surface area contributed by atoms with Crippen molar-refractivity contribution in [1.82, 2.24) is 0 Å². The van der Waals surface area contributed by atoms with Gasteiger partial charge >= 0.3 is 11.9 Å². The minimum atomic E-state index is -1.05. The van der Waals surface area contributed by atoms with Crippen LogP contribution in [0, 0.1) is 0 Å². The molecule has 1 unspecified atom stereocenters. The fourth-order valence-electron chi connectivity index (χ4n) is 0.525. The maximum Gasteiger partial charge on any atom is 0.331 e. The lowest BCUT2D eigenvalue weighted by molar-refractivity contribution is -0.138. The molecule has 14 heavy (non-hydrogen) atoms. The fourth-order valence-corrected chi connectivity index (χ4v) is 1.19. The first kappa shape index (κ1) is 13.0. The third-order valence-corrected chi connectivity index (χ3v) is 2.06. The third-order valence-electron chi connectivity index (χ3n) is 1.18. The molecule has 0 saturated heterocycles. The number of carbonyl (C=O) groups is 2.